The summed E-state index contributed by atoms with van der Waals surface area (Å²) in [6.07, 6.45) is 3.66. The van der Waals surface area contributed by atoms with Gasteiger partial charge in [-0.3, -0.25) is 4.79 Å². The molecule has 1 aliphatic carbocycles. The normalized spacial score (nSPS) is 32.9. The zero-order valence-corrected chi connectivity index (χ0v) is 12.5. The maximum absolute atomic E-state index is 12.1. The number of nitrogens with zero attached hydrogens (tertiary/aromatic N) is 1. The van der Waals surface area contributed by atoms with Gasteiger partial charge in [0.25, 0.3) is 0 Å². The number of likely N-dealkylation sites (tertiary alicyclic amines) is 1. The third-order valence-corrected chi connectivity index (χ3v) is 4.04. The van der Waals surface area contributed by atoms with Crippen molar-refractivity contribution in [2.75, 3.05) is 13.1 Å². The van der Waals surface area contributed by atoms with Crippen LogP contribution in [0.15, 0.2) is 12.2 Å². The molecule has 1 saturated heterocycles. The maximum Gasteiger partial charge on any atom is 0.410 e. The van der Waals surface area contributed by atoms with E-state index in [0.29, 0.717) is 13.1 Å². The number of aliphatic carboxylic acids is 1. The predicted octanol–water partition coefficient (Wildman–Crippen LogP) is 2.38. The van der Waals surface area contributed by atoms with Crippen molar-refractivity contribution in [1.29, 1.82) is 0 Å². The first-order chi connectivity index (χ1) is 9.19. The van der Waals surface area contributed by atoms with Crippen LogP contribution in [-0.4, -0.2) is 40.8 Å². The average molecular weight is 281 g/mol. The Labute approximate surface area is 119 Å². The zero-order valence-electron chi connectivity index (χ0n) is 12.5. The molecule has 20 heavy (non-hydrogen) atoms. The van der Waals surface area contributed by atoms with E-state index in [9.17, 15) is 14.7 Å². The molecule has 4 unspecified atom stereocenters. The summed E-state index contributed by atoms with van der Waals surface area (Å²) >= 11 is 0. The molecule has 1 heterocycles. The van der Waals surface area contributed by atoms with E-state index in [1.165, 1.54) is 0 Å². The molecule has 1 amide bonds. The highest BCUT2D eigenvalue weighted by Gasteiger charge is 2.46. The lowest BCUT2D eigenvalue weighted by atomic mass is 9.73. The number of carbonyl (C=O) groups is 2. The van der Waals surface area contributed by atoms with Crippen LogP contribution >= 0.6 is 0 Å². The van der Waals surface area contributed by atoms with E-state index in [1.807, 2.05) is 33.8 Å². The van der Waals surface area contributed by atoms with Gasteiger partial charge >= 0.3 is 12.1 Å². The van der Waals surface area contributed by atoms with Crippen LogP contribution in [0.3, 0.4) is 0 Å². The molecule has 2 rings (SSSR count). The van der Waals surface area contributed by atoms with Gasteiger partial charge in [-0.1, -0.05) is 19.1 Å². The number of fused-ring (bicyclic) bond motifs is 1. The quantitative estimate of drug-likeness (QED) is 0.749. The third-order valence-electron chi connectivity index (χ3n) is 4.04. The van der Waals surface area contributed by atoms with Gasteiger partial charge in [0.15, 0.2) is 0 Å². The Morgan fingerprint density at radius 1 is 1.25 bits per heavy atom. The van der Waals surface area contributed by atoms with Gasteiger partial charge in [-0.15, -0.1) is 0 Å². The first-order valence-corrected chi connectivity index (χ1v) is 7.08. The van der Waals surface area contributed by atoms with Crippen LogP contribution in [0.2, 0.25) is 0 Å². The van der Waals surface area contributed by atoms with Gasteiger partial charge in [0, 0.05) is 13.1 Å². The van der Waals surface area contributed by atoms with E-state index in [1.54, 1.807) is 4.90 Å². The molecule has 112 valence electrons. The number of carboxylic acids is 1. The molecule has 5 heteroatoms. The van der Waals surface area contributed by atoms with Gasteiger partial charge in [-0.05, 0) is 38.5 Å². The predicted molar refractivity (Wildman–Crippen MR) is 74.2 cm³/mol. The Morgan fingerprint density at radius 2 is 1.90 bits per heavy atom. The van der Waals surface area contributed by atoms with Crippen molar-refractivity contribution in [3.63, 3.8) is 0 Å². The summed E-state index contributed by atoms with van der Waals surface area (Å²) in [6.45, 7) is 8.42. The minimum absolute atomic E-state index is 0.00679. The van der Waals surface area contributed by atoms with Crippen LogP contribution in [0, 0.1) is 23.7 Å². The van der Waals surface area contributed by atoms with Gasteiger partial charge in [-0.2, -0.15) is 0 Å². The van der Waals surface area contributed by atoms with E-state index >= 15 is 0 Å². The number of rotatable bonds is 1. The van der Waals surface area contributed by atoms with E-state index in [-0.39, 0.29) is 23.8 Å². The number of hydrogen-bond acceptors (Lipinski definition) is 3. The summed E-state index contributed by atoms with van der Waals surface area (Å²) in [6, 6.07) is 0. The Kier molecular flexibility index (Phi) is 3.80. The van der Waals surface area contributed by atoms with Crippen LogP contribution < -0.4 is 0 Å². The lowest BCUT2D eigenvalue weighted by Gasteiger charge is -2.30. The molecule has 1 fully saturated rings. The van der Waals surface area contributed by atoms with Gasteiger partial charge < -0.3 is 14.7 Å². The molecule has 0 aromatic carbocycles. The first kappa shape index (κ1) is 14.9. The third kappa shape index (κ3) is 2.97. The molecule has 1 N–H and O–H groups in total. The summed E-state index contributed by atoms with van der Waals surface area (Å²) in [4.78, 5) is 25.2. The highest BCUT2D eigenvalue weighted by Crippen LogP contribution is 2.39. The molecule has 1 aliphatic heterocycles. The number of amides is 1. The lowest BCUT2D eigenvalue weighted by molar-refractivity contribution is -0.145. The largest absolute Gasteiger partial charge is 0.481 e. The molecule has 4 atom stereocenters. The zero-order chi connectivity index (χ0) is 15.1. The fourth-order valence-electron chi connectivity index (χ4n) is 3.15. The minimum Gasteiger partial charge on any atom is -0.481 e. The highest BCUT2D eigenvalue weighted by atomic mass is 16.6. The SMILES string of the molecule is CC1C=CC2CN(C(=O)OC(C)(C)C)CC2C1C(=O)O. The topological polar surface area (TPSA) is 66.8 Å². The Hall–Kier alpha value is -1.52. The monoisotopic (exact) mass is 281 g/mol. The summed E-state index contributed by atoms with van der Waals surface area (Å²) in [5.41, 5.74) is -0.528. The van der Waals surface area contributed by atoms with Gasteiger partial charge in [0.05, 0.1) is 5.92 Å². The molecule has 5 nitrogen and oxygen atoms in total. The van der Waals surface area contributed by atoms with Crippen LogP contribution in [0.4, 0.5) is 4.79 Å². The number of hydrogen-bond donors (Lipinski definition) is 1. The van der Waals surface area contributed by atoms with Crippen molar-refractivity contribution < 1.29 is 19.4 Å². The number of allylic oxidation sites excluding steroid dienone is 1. The van der Waals surface area contributed by atoms with E-state index in [2.05, 4.69) is 6.08 Å². The van der Waals surface area contributed by atoms with Crippen molar-refractivity contribution in [2.45, 2.75) is 33.3 Å². The van der Waals surface area contributed by atoms with Crippen LogP contribution in [0.1, 0.15) is 27.7 Å². The molecule has 0 spiro atoms. The van der Waals surface area contributed by atoms with Crippen molar-refractivity contribution in [2.24, 2.45) is 23.7 Å². The van der Waals surface area contributed by atoms with Crippen LogP contribution in [0.25, 0.3) is 0 Å². The first-order valence-electron chi connectivity index (χ1n) is 7.08. The number of ether oxygens (including phenoxy) is 1. The Morgan fingerprint density at radius 3 is 2.45 bits per heavy atom. The molecule has 0 bridgehead atoms. The minimum atomic E-state index is -0.775. The summed E-state index contributed by atoms with van der Waals surface area (Å²) in [7, 11) is 0. The van der Waals surface area contributed by atoms with Crippen LogP contribution in [-0.2, 0) is 9.53 Å². The van der Waals surface area contributed by atoms with E-state index in [4.69, 9.17) is 4.74 Å². The van der Waals surface area contributed by atoms with Crippen molar-refractivity contribution in [1.82, 2.24) is 4.90 Å². The summed E-state index contributed by atoms with van der Waals surface area (Å²) in [5.74, 6) is -1.08. The Balaban J connectivity index is 2.09. The van der Waals surface area contributed by atoms with Crippen molar-refractivity contribution >= 4 is 12.1 Å². The molecule has 2 aliphatic rings. The number of carbonyl (C=O) groups excluding carboxylic acids is 1. The van der Waals surface area contributed by atoms with Crippen molar-refractivity contribution in [3.8, 4) is 0 Å². The lowest BCUT2D eigenvalue weighted by Crippen LogP contribution is -2.37. The molecular formula is C15H23NO4. The molecule has 0 radical (unpaired) electrons. The standard InChI is InChI=1S/C15H23NO4/c1-9-5-6-10-7-16(14(19)20-15(2,3)4)8-11(10)12(9)13(17)18/h5-6,9-12H,7-8H2,1-4H3,(H,17,18). The summed E-state index contributed by atoms with van der Waals surface area (Å²) < 4.78 is 5.37. The van der Waals surface area contributed by atoms with Gasteiger partial charge in [0.2, 0.25) is 0 Å². The van der Waals surface area contributed by atoms with Gasteiger partial charge in [0.1, 0.15) is 5.60 Å². The second kappa shape index (κ2) is 5.11. The van der Waals surface area contributed by atoms with E-state index in [0.717, 1.165) is 0 Å². The second-order valence-electron chi connectivity index (χ2n) is 6.82. The average Bonchev–Trinajstić information content (AvgIpc) is 2.69. The Bertz CT molecular complexity index is 438. The van der Waals surface area contributed by atoms with Crippen molar-refractivity contribution in [3.05, 3.63) is 12.2 Å². The molecular weight excluding hydrogens is 258 g/mol. The van der Waals surface area contributed by atoms with E-state index < -0.39 is 17.5 Å². The second-order valence-corrected chi connectivity index (χ2v) is 6.82. The fourth-order valence-corrected chi connectivity index (χ4v) is 3.15. The van der Waals surface area contributed by atoms with Crippen LogP contribution in [0.5, 0.6) is 0 Å². The summed E-state index contributed by atoms with van der Waals surface area (Å²) in [5, 5.41) is 9.40. The number of carboxylic acid groups (broad SMARTS) is 1. The van der Waals surface area contributed by atoms with Gasteiger partial charge in [-0.25, -0.2) is 4.79 Å². The molecule has 0 saturated carbocycles. The highest BCUT2D eigenvalue weighted by molar-refractivity contribution is 5.73. The fraction of sp³-hybridized carbons (Fsp3) is 0.733. The molecule has 0 aromatic rings. The maximum atomic E-state index is 12.1. The smallest absolute Gasteiger partial charge is 0.410 e. The molecule has 0 aromatic heterocycles.